The predicted molar refractivity (Wildman–Crippen MR) is 64.4 cm³/mol. The van der Waals surface area contributed by atoms with E-state index in [1.165, 1.54) is 10.5 Å². The molecule has 0 aliphatic heterocycles. The Balaban J connectivity index is 2.49. The van der Waals surface area contributed by atoms with E-state index < -0.39 is 0 Å². The summed E-state index contributed by atoms with van der Waals surface area (Å²) in [6, 6.07) is 8.84. The highest BCUT2D eigenvalue weighted by molar-refractivity contribution is 8.76. The van der Waals surface area contributed by atoms with Crippen molar-refractivity contribution >= 4 is 21.6 Å². The van der Waals surface area contributed by atoms with E-state index in [-0.39, 0.29) is 0 Å². The van der Waals surface area contributed by atoms with Gasteiger partial charge >= 0.3 is 0 Å². The van der Waals surface area contributed by atoms with Crippen molar-refractivity contribution in [2.24, 2.45) is 0 Å². The van der Waals surface area contributed by atoms with Crippen LogP contribution in [0.2, 0.25) is 0 Å². The zero-order valence-electron chi connectivity index (χ0n) is 8.41. The molecule has 0 amide bonds. The predicted octanol–water partition coefficient (Wildman–Crippen LogP) is 4.40. The summed E-state index contributed by atoms with van der Waals surface area (Å²) in [4.78, 5) is 1.36. The lowest BCUT2D eigenvalue weighted by Crippen LogP contribution is -1.81. The van der Waals surface area contributed by atoms with E-state index in [4.69, 9.17) is 0 Å². The summed E-state index contributed by atoms with van der Waals surface area (Å²) in [5.74, 6) is 0. The minimum Gasteiger partial charge on any atom is -0.0861 e. The Morgan fingerprint density at radius 3 is 2.23 bits per heavy atom. The fourth-order valence-electron chi connectivity index (χ4n) is 0.932. The van der Waals surface area contributed by atoms with Crippen molar-refractivity contribution in [3.8, 4) is 0 Å². The van der Waals surface area contributed by atoms with Gasteiger partial charge in [-0.1, -0.05) is 54.5 Å². The maximum Gasteiger partial charge on any atom is 0.0183 e. The fourth-order valence-corrected chi connectivity index (χ4v) is 2.73. The Labute approximate surface area is 88.9 Å². The second-order valence-corrected chi connectivity index (χ2v) is 6.08. The van der Waals surface area contributed by atoms with Gasteiger partial charge in [-0.2, -0.15) is 0 Å². The largest absolute Gasteiger partial charge is 0.0861 e. The molecule has 0 nitrogen and oxygen atoms in total. The standard InChI is InChI=1S/C11H16S2/c1-4-10-5-7-11(8-6-10)13-12-9(2)3/h5-9H,4H2,1-3H3. The molecule has 72 valence electrons. The third-order valence-electron chi connectivity index (χ3n) is 1.67. The summed E-state index contributed by atoms with van der Waals surface area (Å²) >= 11 is 0. The summed E-state index contributed by atoms with van der Waals surface area (Å²) in [6.45, 7) is 6.63. The van der Waals surface area contributed by atoms with Crippen LogP contribution in [-0.4, -0.2) is 5.25 Å². The third-order valence-corrected chi connectivity index (χ3v) is 4.63. The smallest absolute Gasteiger partial charge is 0.0183 e. The maximum absolute atomic E-state index is 2.22. The molecule has 0 aliphatic rings. The van der Waals surface area contributed by atoms with Crippen LogP contribution in [0.5, 0.6) is 0 Å². The van der Waals surface area contributed by atoms with Crippen LogP contribution >= 0.6 is 21.6 Å². The molecule has 13 heavy (non-hydrogen) atoms. The van der Waals surface area contributed by atoms with E-state index in [1.807, 2.05) is 21.6 Å². The molecule has 0 N–H and O–H groups in total. The van der Waals surface area contributed by atoms with Gasteiger partial charge in [-0.3, -0.25) is 0 Å². The molecule has 1 aromatic rings. The number of rotatable bonds is 4. The fraction of sp³-hybridized carbons (Fsp3) is 0.455. The number of benzene rings is 1. The van der Waals surface area contributed by atoms with Crippen LogP contribution in [0.25, 0.3) is 0 Å². The summed E-state index contributed by atoms with van der Waals surface area (Å²) in [7, 11) is 3.78. The second-order valence-electron chi connectivity index (χ2n) is 3.23. The first kappa shape index (κ1) is 11.0. The molecule has 0 bridgehead atoms. The molecule has 0 atom stereocenters. The van der Waals surface area contributed by atoms with Gasteiger partial charge in [0.2, 0.25) is 0 Å². The van der Waals surface area contributed by atoms with Crippen LogP contribution in [0.1, 0.15) is 26.3 Å². The molecule has 0 aromatic heterocycles. The molecule has 2 heteroatoms. The van der Waals surface area contributed by atoms with Crippen molar-refractivity contribution in [2.45, 2.75) is 37.3 Å². The van der Waals surface area contributed by atoms with E-state index in [9.17, 15) is 0 Å². The number of aryl methyl sites for hydroxylation is 1. The molecule has 0 unspecified atom stereocenters. The van der Waals surface area contributed by atoms with Crippen LogP contribution in [-0.2, 0) is 6.42 Å². The molecule has 0 spiro atoms. The first-order chi connectivity index (χ1) is 6.22. The van der Waals surface area contributed by atoms with Gasteiger partial charge in [0.05, 0.1) is 0 Å². The minimum absolute atomic E-state index is 0.691. The molecule has 0 saturated heterocycles. The van der Waals surface area contributed by atoms with Crippen LogP contribution in [0.3, 0.4) is 0 Å². The second kappa shape index (κ2) is 5.61. The third kappa shape index (κ3) is 4.10. The average Bonchev–Trinajstić information content (AvgIpc) is 2.15. The van der Waals surface area contributed by atoms with Gasteiger partial charge in [-0.25, -0.2) is 0 Å². The first-order valence-electron chi connectivity index (χ1n) is 4.64. The van der Waals surface area contributed by atoms with Gasteiger partial charge in [-0.05, 0) is 24.1 Å². The summed E-state index contributed by atoms with van der Waals surface area (Å²) in [5, 5.41) is 0.691. The number of hydrogen-bond acceptors (Lipinski definition) is 2. The lowest BCUT2D eigenvalue weighted by Gasteiger charge is -2.04. The molecular formula is C11H16S2. The van der Waals surface area contributed by atoms with Gasteiger partial charge in [0, 0.05) is 10.1 Å². The van der Waals surface area contributed by atoms with E-state index in [0.29, 0.717) is 5.25 Å². The van der Waals surface area contributed by atoms with Crippen molar-refractivity contribution in [1.82, 2.24) is 0 Å². The van der Waals surface area contributed by atoms with Gasteiger partial charge in [0.1, 0.15) is 0 Å². The molecule has 0 radical (unpaired) electrons. The monoisotopic (exact) mass is 212 g/mol. The van der Waals surface area contributed by atoms with E-state index in [1.54, 1.807) is 0 Å². The highest BCUT2D eigenvalue weighted by Crippen LogP contribution is 2.33. The highest BCUT2D eigenvalue weighted by atomic mass is 33.1. The quantitative estimate of drug-likeness (QED) is 0.679. The van der Waals surface area contributed by atoms with Gasteiger partial charge in [0.15, 0.2) is 0 Å². The highest BCUT2D eigenvalue weighted by Gasteiger charge is 1.97. The van der Waals surface area contributed by atoms with Crippen LogP contribution < -0.4 is 0 Å². The lowest BCUT2D eigenvalue weighted by atomic mass is 10.2. The zero-order chi connectivity index (χ0) is 9.68. The van der Waals surface area contributed by atoms with E-state index in [2.05, 4.69) is 45.0 Å². The Hall–Kier alpha value is -0.0800. The van der Waals surface area contributed by atoms with E-state index >= 15 is 0 Å². The topological polar surface area (TPSA) is 0 Å². The summed E-state index contributed by atoms with van der Waals surface area (Å²) < 4.78 is 0. The minimum atomic E-state index is 0.691. The van der Waals surface area contributed by atoms with Crippen molar-refractivity contribution in [1.29, 1.82) is 0 Å². The number of hydrogen-bond donors (Lipinski definition) is 0. The van der Waals surface area contributed by atoms with Crippen molar-refractivity contribution in [2.75, 3.05) is 0 Å². The van der Waals surface area contributed by atoms with Crippen LogP contribution in [0.15, 0.2) is 29.2 Å². The van der Waals surface area contributed by atoms with Crippen LogP contribution in [0.4, 0.5) is 0 Å². The Morgan fingerprint density at radius 2 is 1.77 bits per heavy atom. The average molecular weight is 212 g/mol. The summed E-state index contributed by atoms with van der Waals surface area (Å²) in [6.07, 6.45) is 1.13. The SMILES string of the molecule is CCc1ccc(SSC(C)C)cc1. The lowest BCUT2D eigenvalue weighted by molar-refractivity contribution is 1.12. The molecule has 0 heterocycles. The molecule has 1 rings (SSSR count). The Bertz CT molecular complexity index is 239. The van der Waals surface area contributed by atoms with Crippen molar-refractivity contribution in [3.05, 3.63) is 29.8 Å². The Morgan fingerprint density at radius 1 is 1.15 bits per heavy atom. The zero-order valence-corrected chi connectivity index (χ0v) is 10.0. The molecule has 0 fully saturated rings. The van der Waals surface area contributed by atoms with Gasteiger partial charge in [-0.15, -0.1) is 0 Å². The molecule has 1 aromatic carbocycles. The summed E-state index contributed by atoms with van der Waals surface area (Å²) in [5.41, 5.74) is 1.42. The molecule has 0 saturated carbocycles. The normalized spacial score (nSPS) is 10.8. The van der Waals surface area contributed by atoms with Crippen LogP contribution in [0, 0.1) is 0 Å². The molecule has 0 aliphatic carbocycles. The van der Waals surface area contributed by atoms with Crippen molar-refractivity contribution < 1.29 is 0 Å². The van der Waals surface area contributed by atoms with Gasteiger partial charge < -0.3 is 0 Å². The molecular weight excluding hydrogens is 196 g/mol. The van der Waals surface area contributed by atoms with Crippen molar-refractivity contribution in [3.63, 3.8) is 0 Å². The first-order valence-corrected chi connectivity index (χ1v) is 6.86. The van der Waals surface area contributed by atoms with Gasteiger partial charge in [0.25, 0.3) is 0 Å². The van der Waals surface area contributed by atoms with E-state index in [0.717, 1.165) is 6.42 Å². The maximum atomic E-state index is 2.22. The Kier molecular flexibility index (Phi) is 4.74.